The number of hydrogen-bond acceptors (Lipinski definition) is 5. The van der Waals surface area contributed by atoms with Gasteiger partial charge in [0.1, 0.15) is 11.3 Å². The molecule has 0 spiro atoms. The fourth-order valence-electron chi connectivity index (χ4n) is 1.72. The molecule has 0 bridgehead atoms. The number of nitrogens with zero attached hydrogens (tertiary/aromatic N) is 1. The van der Waals surface area contributed by atoms with Gasteiger partial charge in [-0.25, -0.2) is 4.79 Å². The Morgan fingerprint density at radius 2 is 2.16 bits per heavy atom. The van der Waals surface area contributed by atoms with Crippen LogP contribution in [0.2, 0.25) is 0 Å². The molecule has 0 amide bonds. The summed E-state index contributed by atoms with van der Waals surface area (Å²) in [5, 5.41) is 0.803. The number of nitrogen functional groups attached to an aromatic ring is 1. The van der Waals surface area contributed by atoms with Crippen molar-refractivity contribution in [3.8, 4) is 5.75 Å². The van der Waals surface area contributed by atoms with Crippen molar-refractivity contribution in [3.63, 3.8) is 0 Å². The molecule has 1 aromatic carbocycles. The van der Waals surface area contributed by atoms with Gasteiger partial charge in [-0.1, -0.05) is 0 Å². The lowest BCUT2D eigenvalue weighted by molar-refractivity contribution is -0.149. The maximum Gasteiger partial charge on any atom is 0.344 e. The number of ether oxygens (including phenoxy) is 2. The molecule has 1 aromatic heterocycles. The molecular weight excluding hydrogens is 244 g/mol. The van der Waals surface area contributed by atoms with Crippen molar-refractivity contribution >= 4 is 22.6 Å². The van der Waals surface area contributed by atoms with Crippen molar-refractivity contribution in [2.24, 2.45) is 0 Å². The lowest BCUT2D eigenvalue weighted by Gasteiger charge is -2.11. The molecule has 0 fully saturated rings. The number of fused-ring (bicyclic) bond motifs is 1. The van der Waals surface area contributed by atoms with Gasteiger partial charge in [0.15, 0.2) is 6.61 Å². The second-order valence-corrected chi connectivity index (χ2v) is 4.38. The molecule has 0 unspecified atom stereocenters. The highest BCUT2D eigenvalue weighted by Crippen LogP contribution is 2.27. The van der Waals surface area contributed by atoms with Gasteiger partial charge in [0, 0.05) is 17.3 Å². The van der Waals surface area contributed by atoms with Crippen molar-refractivity contribution in [1.29, 1.82) is 0 Å². The zero-order chi connectivity index (χ0) is 13.8. The van der Waals surface area contributed by atoms with E-state index >= 15 is 0 Å². The number of anilines is 1. The average molecular weight is 260 g/mol. The number of carbonyl (C=O) groups excluding carboxylic acids is 1. The van der Waals surface area contributed by atoms with Gasteiger partial charge in [0.05, 0.1) is 6.10 Å². The largest absolute Gasteiger partial charge is 0.480 e. The minimum atomic E-state index is -0.407. The predicted molar refractivity (Wildman–Crippen MR) is 72.9 cm³/mol. The van der Waals surface area contributed by atoms with Gasteiger partial charge in [-0.2, -0.15) is 0 Å². The highest BCUT2D eigenvalue weighted by atomic mass is 16.6. The third kappa shape index (κ3) is 3.13. The monoisotopic (exact) mass is 260 g/mol. The maximum absolute atomic E-state index is 11.4. The number of hydrogen-bond donors (Lipinski definition) is 1. The van der Waals surface area contributed by atoms with E-state index in [4.69, 9.17) is 15.2 Å². The van der Waals surface area contributed by atoms with Crippen LogP contribution < -0.4 is 10.5 Å². The molecule has 1 heterocycles. The van der Waals surface area contributed by atoms with Gasteiger partial charge in [-0.05, 0) is 38.1 Å². The number of nitrogens with two attached hydrogens (primary N) is 1. The van der Waals surface area contributed by atoms with Crippen molar-refractivity contribution in [2.75, 3.05) is 12.3 Å². The summed E-state index contributed by atoms with van der Waals surface area (Å²) in [7, 11) is 0. The molecule has 5 nitrogen and oxygen atoms in total. The second kappa shape index (κ2) is 5.56. The summed E-state index contributed by atoms with van der Waals surface area (Å²) in [6.07, 6.45) is 1.50. The summed E-state index contributed by atoms with van der Waals surface area (Å²) in [4.78, 5) is 15.7. The first kappa shape index (κ1) is 13.1. The Balaban J connectivity index is 2.17. The molecule has 2 rings (SSSR count). The van der Waals surface area contributed by atoms with E-state index in [1.807, 2.05) is 6.07 Å². The molecular formula is C14H16N2O3. The fourth-order valence-corrected chi connectivity index (χ4v) is 1.72. The minimum Gasteiger partial charge on any atom is -0.480 e. The lowest BCUT2D eigenvalue weighted by Crippen LogP contribution is -2.18. The van der Waals surface area contributed by atoms with E-state index in [9.17, 15) is 4.79 Å². The Labute approximate surface area is 111 Å². The zero-order valence-corrected chi connectivity index (χ0v) is 10.9. The first-order valence-electron chi connectivity index (χ1n) is 6.03. The van der Waals surface area contributed by atoms with E-state index < -0.39 is 5.97 Å². The summed E-state index contributed by atoms with van der Waals surface area (Å²) in [5.74, 6) is 0.112. The van der Waals surface area contributed by atoms with Crippen molar-refractivity contribution in [3.05, 3.63) is 30.5 Å². The molecule has 100 valence electrons. The van der Waals surface area contributed by atoms with Crippen molar-refractivity contribution in [2.45, 2.75) is 20.0 Å². The van der Waals surface area contributed by atoms with Gasteiger partial charge in [0.25, 0.3) is 0 Å². The number of aromatic nitrogens is 1. The van der Waals surface area contributed by atoms with Crippen LogP contribution in [0.1, 0.15) is 13.8 Å². The van der Waals surface area contributed by atoms with Gasteiger partial charge < -0.3 is 15.2 Å². The number of carbonyl (C=O) groups is 1. The molecule has 0 saturated carbocycles. The standard InChI is InChI=1S/C14H16N2O3/c1-9(2)19-13(17)8-18-12-6-5-11(15)10-4-3-7-16-14(10)12/h3-7,9H,8,15H2,1-2H3. The van der Waals surface area contributed by atoms with Crippen molar-refractivity contribution < 1.29 is 14.3 Å². The fraction of sp³-hybridized carbons (Fsp3) is 0.286. The van der Waals surface area contributed by atoms with Gasteiger partial charge in [-0.3, -0.25) is 4.98 Å². The summed E-state index contributed by atoms with van der Waals surface area (Å²) in [5.41, 5.74) is 7.12. The number of esters is 1. The number of pyridine rings is 1. The lowest BCUT2D eigenvalue weighted by atomic mass is 10.2. The Kier molecular flexibility index (Phi) is 3.85. The van der Waals surface area contributed by atoms with E-state index in [0.717, 1.165) is 5.39 Å². The first-order chi connectivity index (χ1) is 9.08. The normalized spacial score (nSPS) is 10.7. The highest BCUT2D eigenvalue weighted by molar-refractivity contribution is 5.94. The van der Waals surface area contributed by atoms with E-state index in [0.29, 0.717) is 17.0 Å². The van der Waals surface area contributed by atoms with Crippen LogP contribution in [0.4, 0.5) is 5.69 Å². The Hall–Kier alpha value is -2.30. The molecule has 0 aliphatic heterocycles. The molecule has 2 aromatic rings. The van der Waals surface area contributed by atoms with Crippen LogP contribution in [0.15, 0.2) is 30.5 Å². The summed E-state index contributed by atoms with van der Waals surface area (Å²) in [6.45, 7) is 3.43. The SMILES string of the molecule is CC(C)OC(=O)COc1ccc(N)c2cccnc12. The molecule has 0 atom stereocenters. The Morgan fingerprint density at radius 1 is 1.37 bits per heavy atom. The van der Waals surface area contributed by atoms with Crippen LogP contribution in [-0.4, -0.2) is 23.7 Å². The molecule has 0 saturated heterocycles. The number of benzene rings is 1. The van der Waals surface area contributed by atoms with Crippen LogP contribution in [0, 0.1) is 0 Å². The Morgan fingerprint density at radius 3 is 2.89 bits per heavy atom. The minimum absolute atomic E-state index is 0.145. The molecule has 19 heavy (non-hydrogen) atoms. The maximum atomic E-state index is 11.4. The zero-order valence-electron chi connectivity index (χ0n) is 10.9. The van der Waals surface area contributed by atoms with Crippen molar-refractivity contribution in [1.82, 2.24) is 4.98 Å². The van der Waals surface area contributed by atoms with Crippen LogP contribution in [0.5, 0.6) is 5.75 Å². The third-order valence-electron chi connectivity index (χ3n) is 2.48. The second-order valence-electron chi connectivity index (χ2n) is 4.38. The summed E-state index contributed by atoms with van der Waals surface area (Å²) in [6, 6.07) is 7.09. The highest BCUT2D eigenvalue weighted by Gasteiger charge is 2.10. The number of rotatable bonds is 4. The molecule has 0 radical (unpaired) electrons. The van der Waals surface area contributed by atoms with E-state index in [1.54, 1.807) is 38.2 Å². The van der Waals surface area contributed by atoms with Crippen LogP contribution >= 0.6 is 0 Å². The molecule has 0 aliphatic carbocycles. The summed E-state index contributed by atoms with van der Waals surface area (Å²) < 4.78 is 10.4. The van der Waals surface area contributed by atoms with Gasteiger partial charge >= 0.3 is 5.97 Å². The first-order valence-corrected chi connectivity index (χ1v) is 6.03. The van der Waals surface area contributed by atoms with Crippen LogP contribution in [0.3, 0.4) is 0 Å². The van der Waals surface area contributed by atoms with Gasteiger partial charge in [0.2, 0.25) is 0 Å². The van der Waals surface area contributed by atoms with E-state index in [2.05, 4.69) is 4.98 Å². The molecule has 2 N–H and O–H groups in total. The average Bonchev–Trinajstić information content (AvgIpc) is 2.37. The smallest absolute Gasteiger partial charge is 0.344 e. The molecule has 5 heteroatoms. The molecule has 0 aliphatic rings. The van der Waals surface area contributed by atoms with Crippen LogP contribution in [0.25, 0.3) is 10.9 Å². The quantitative estimate of drug-likeness (QED) is 0.673. The van der Waals surface area contributed by atoms with E-state index in [1.165, 1.54) is 0 Å². The van der Waals surface area contributed by atoms with E-state index in [-0.39, 0.29) is 12.7 Å². The van der Waals surface area contributed by atoms with Crippen LogP contribution in [-0.2, 0) is 9.53 Å². The third-order valence-corrected chi connectivity index (χ3v) is 2.48. The predicted octanol–water partition coefficient (Wildman–Crippen LogP) is 2.15. The van der Waals surface area contributed by atoms with Gasteiger partial charge in [-0.15, -0.1) is 0 Å². The topological polar surface area (TPSA) is 74.4 Å². The Bertz CT molecular complexity index is 596. The summed E-state index contributed by atoms with van der Waals surface area (Å²) >= 11 is 0.